The zero-order chi connectivity index (χ0) is 31.0. The second-order valence-electron chi connectivity index (χ2n) is 10.4. The zero-order valence-corrected chi connectivity index (χ0v) is 26.2. The molecule has 0 spiro atoms. The fourth-order valence-corrected chi connectivity index (χ4v) is 9.42. The first kappa shape index (κ1) is 30.4. The number of carbonyl (C=O) groups is 3. The predicted octanol–water partition coefficient (Wildman–Crippen LogP) is 1.67. The number of carboxylic acid groups (broad SMARTS) is 1. The van der Waals surface area contributed by atoms with E-state index in [0.717, 1.165) is 52.1 Å². The number of oxime groups is 1. The van der Waals surface area contributed by atoms with Gasteiger partial charge >= 0.3 is 5.97 Å². The number of hydrogen-bond acceptors (Lipinski definition) is 14. The van der Waals surface area contributed by atoms with Crippen LogP contribution in [0, 0.1) is 5.41 Å². The number of benzene rings is 1. The summed E-state index contributed by atoms with van der Waals surface area (Å²) in [6, 6.07) is 6.51. The maximum Gasteiger partial charge on any atom is 0.316 e. The van der Waals surface area contributed by atoms with Crippen molar-refractivity contribution >= 4 is 90.6 Å². The van der Waals surface area contributed by atoms with Crippen molar-refractivity contribution in [2.45, 2.75) is 15.6 Å². The normalized spacial score (nSPS) is 23.9. The second kappa shape index (κ2) is 12.4. The minimum atomic E-state index is -1.36. The molecule has 6 N–H and O–H groups in total. The van der Waals surface area contributed by atoms with Gasteiger partial charge in [-0.05, 0) is 23.6 Å². The molecule has 3 saturated heterocycles. The molecule has 0 bridgehead atoms. The van der Waals surface area contributed by atoms with Gasteiger partial charge in [0, 0.05) is 65.7 Å². The van der Waals surface area contributed by atoms with Gasteiger partial charge in [0.05, 0.1) is 4.21 Å². The first-order valence-electron chi connectivity index (χ1n) is 13.5. The number of amides is 2. The Bertz CT molecular complexity index is 1750. The minimum Gasteiger partial charge on any atom is -0.481 e. The van der Waals surface area contributed by atoms with E-state index < -0.39 is 34.6 Å². The third-order valence-corrected chi connectivity index (χ3v) is 11.9. The van der Waals surface area contributed by atoms with E-state index in [2.05, 4.69) is 25.7 Å². The van der Waals surface area contributed by atoms with Crippen molar-refractivity contribution in [2.24, 2.45) is 10.6 Å². The van der Waals surface area contributed by atoms with E-state index in [-0.39, 0.29) is 34.3 Å². The number of nitrogens with one attached hydrogen (secondary N) is 2. The molecule has 5 heterocycles. The highest BCUT2D eigenvalue weighted by atomic mass is 32.2. The van der Waals surface area contributed by atoms with Crippen LogP contribution >= 0.6 is 46.2 Å². The van der Waals surface area contributed by atoms with Gasteiger partial charge in [-0.15, -0.1) is 34.4 Å². The molecule has 2 aromatic heterocycles. The predicted molar refractivity (Wildman–Crippen MR) is 173 cm³/mol. The van der Waals surface area contributed by atoms with E-state index in [9.17, 15) is 29.5 Å². The average molecular weight is 674 g/mol. The van der Waals surface area contributed by atoms with Crippen LogP contribution in [0.15, 0.2) is 55.3 Å². The number of aromatic nitrogens is 1. The number of carbonyl (C=O) groups excluding carboxylic acids is 2. The monoisotopic (exact) mass is 673 g/mol. The number of nitrogens with two attached hydrogens (primary N) is 1. The van der Waals surface area contributed by atoms with E-state index in [1.807, 2.05) is 18.2 Å². The van der Waals surface area contributed by atoms with E-state index in [4.69, 9.17) is 5.73 Å². The lowest BCUT2D eigenvalue weighted by atomic mass is 9.87. The number of rotatable bonds is 8. The third kappa shape index (κ3) is 5.77. The highest BCUT2D eigenvalue weighted by Crippen LogP contribution is 2.43. The number of aliphatic carboxylic acids is 1. The van der Waals surface area contributed by atoms with Gasteiger partial charge in [-0.25, -0.2) is 4.98 Å². The van der Waals surface area contributed by atoms with Crippen LogP contribution in [0.25, 0.3) is 10.1 Å². The Labute approximate surface area is 267 Å². The van der Waals surface area contributed by atoms with Gasteiger partial charge in [0.2, 0.25) is 5.91 Å². The van der Waals surface area contributed by atoms with Gasteiger partial charge in [0.15, 0.2) is 16.3 Å². The lowest BCUT2D eigenvalue weighted by Crippen LogP contribution is -2.73. The first-order valence-corrected chi connectivity index (χ1v) is 17.1. The van der Waals surface area contributed by atoms with E-state index in [1.54, 1.807) is 17.6 Å². The molecule has 0 radical (unpaired) electrons. The fourth-order valence-electron chi connectivity index (χ4n) is 5.25. The highest BCUT2D eigenvalue weighted by Gasteiger charge is 2.57. The molecule has 0 saturated carbocycles. The summed E-state index contributed by atoms with van der Waals surface area (Å²) in [6.45, 7) is 3.51. The van der Waals surface area contributed by atoms with Gasteiger partial charge in [0.25, 0.3) is 5.91 Å². The summed E-state index contributed by atoms with van der Waals surface area (Å²) in [6.07, 6.45) is 1.57. The number of carboxylic acids is 1. The number of hydrogen-bond donors (Lipinski definition) is 5. The molecular weight excluding hydrogens is 647 g/mol. The van der Waals surface area contributed by atoms with Crippen molar-refractivity contribution in [3.05, 3.63) is 57.0 Å². The SMILES string of the molecule is Nc1nc(C(=NO)C(=O)NC2C(=O)N3CC(C=CSc4cc(=O)c5ccc(N6CCNCC6)cc5s4)(C(=O)O)CS[C@H]23)cs1. The number of β-lactam (4-membered cyclic amide) rings is 1. The van der Waals surface area contributed by atoms with Gasteiger partial charge in [0.1, 0.15) is 22.5 Å². The minimum absolute atomic E-state index is 0.0756. The summed E-state index contributed by atoms with van der Waals surface area (Å²) >= 11 is 5.05. The Hall–Kier alpha value is -3.64. The van der Waals surface area contributed by atoms with Crippen LogP contribution in [0.3, 0.4) is 0 Å². The summed E-state index contributed by atoms with van der Waals surface area (Å²) in [5, 5.41) is 31.9. The van der Waals surface area contributed by atoms with Gasteiger partial charge in [-0.3, -0.25) is 19.2 Å². The molecule has 3 aromatic rings. The number of thioether (sulfide) groups is 2. The van der Waals surface area contributed by atoms with Crippen LogP contribution in [-0.2, 0) is 14.4 Å². The summed E-state index contributed by atoms with van der Waals surface area (Å²) in [5.74, 6) is -2.16. The molecule has 1 aromatic carbocycles. The van der Waals surface area contributed by atoms with Gasteiger partial charge in [-0.1, -0.05) is 23.0 Å². The smallest absolute Gasteiger partial charge is 0.316 e. The number of nitrogens with zero attached hydrogens (tertiary/aromatic N) is 4. The first-order chi connectivity index (χ1) is 21.2. The van der Waals surface area contributed by atoms with E-state index in [0.29, 0.717) is 5.39 Å². The number of thiazole rings is 1. The Morgan fingerprint density at radius 3 is 2.75 bits per heavy atom. The van der Waals surface area contributed by atoms with Crippen LogP contribution in [-0.4, -0.2) is 93.6 Å². The van der Waals surface area contributed by atoms with Crippen molar-refractivity contribution in [3.63, 3.8) is 0 Å². The summed E-state index contributed by atoms with van der Waals surface area (Å²) in [4.78, 5) is 58.7. The zero-order valence-electron chi connectivity index (χ0n) is 23.0. The number of fused-ring (bicyclic) bond motifs is 2. The van der Waals surface area contributed by atoms with Gasteiger partial charge < -0.3 is 36.5 Å². The van der Waals surface area contributed by atoms with Gasteiger partial charge in [-0.2, -0.15) is 0 Å². The second-order valence-corrected chi connectivity index (χ2v) is 14.7. The summed E-state index contributed by atoms with van der Waals surface area (Å²) < 4.78 is 1.59. The van der Waals surface area contributed by atoms with Crippen molar-refractivity contribution in [1.82, 2.24) is 20.5 Å². The summed E-state index contributed by atoms with van der Waals surface area (Å²) in [7, 11) is 0. The molecule has 3 atom stereocenters. The number of anilines is 2. The average Bonchev–Trinajstić information content (AvgIpc) is 3.45. The van der Waals surface area contributed by atoms with Crippen molar-refractivity contribution < 1.29 is 24.7 Å². The largest absolute Gasteiger partial charge is 0.481 e. The molecular formula is C27H27N7O6S4. The molecule has 3 aliphatic heterocycles. The van der Waals surface area contributed by atoms with Crippen LogP contribution in [0.2, 0.25) is 0 Å². The molecule has 3 fully saturated rings. The maximum absolute atomic E-state index is 13.0. The Morgan fingerprint density at radius 1 is 1.25 bits per heavy atom. The molecule has 17 heteroatoms. The fraction of sp³-hybridized carbons (Fsp3) is 0.333. The molecule has 2 unspecified atom stereocenters. The van der Waals surface area contributed by atoms with Crippen LogP contribution < -0.4 is 26.7 Å². The quantitative estimate of drug-likeness (QED) is 0.0766. The third-order valence-electron chi connectivity index (χ3n) is 7.64. The Balaban J connectivity index is 1.13. The lowest BCUT2D eigenvalue weighted by molar-refractivity contribution is -0.156. The van der Waals surface area contributed by atoms with E-state index in [1.165, 1.54) is 45.1 Å². The lowest BCUT2D eigenvalue weighted by Gasteiger charge is -2.53. The summed E-state index contributed by atoms with van der Waals surface area (Å²) in [5.41, 5.74) is 4.91. The molecule has 230 valence electrons. The number of nitrogen functional groups attached to an aromatic ring is 1. The van der Waals surface area contributed by atoms with E-state index >= 15 is 0 Å². The van der Waals surface area contributed by atoms with Crippen molar-refractivity contribution in [2.75, 3.05) is 49.1 Å². The molecule has 2 amide bonds. The Kier molecular flexibility index (Phi) is 8.56. The van der Waals surface area contributed by atoms with Crippen LogP contribution in [0.1, 0.15) is 5.69 Å². The topological polar surface area (TPSA) is 191 Å². The Morgan fingerprint density at radius 2 is 2.05 bits per heavy atom. The standard InChI is InChI=1S/C27H27N7O6S4/c28-26-30-16(11-42-26)20(32-40)22(36)31-21-23(37)34-12-27(25(38)39,13-43-24(21)34)3-8-41-19-10-17(35)15-2-1-14(9-18(15)44-19)33-6-4-29-5-7-33/h1-3,8-11,21,24,29,40H,4-7,12-13H2,(H2,28,30)(H,31,36)(H,38,39)/t21?,24-,27?/m1/s1. The molecule has 13 nitrogen and oxygen atoms in total. The highest BCUT2D eigenvalue weighted by molar-refractivity contribution is 8.04. The van der Waals surface area contributed by atoms with Crippen molar-refractivity contribution in [3.8, 4) is 0 Å². The van der Waals surface area contributed by atoms with Crippen molar-refractivity contribution in [1.29, 1.82) is 0 Å². The van der Waals surface area contributed by atoms with Crippen LogP contribution in [0.5, 0.6) is 0 Å². The number of piperazine rings is 1. The molecule has 6 rings (SSSR count). The van der Waals surface area contributed by atoms with Crippen LogP contribution in [0.4, 0.5) is 10.8 Å². The molecule has 0 aliphatic carbocycles. The maximum atomic E-state index is 13.0. The molecule has 44 heavy (non-hydrogen) atoms. The molecule has 3 aliphatic rings.